The molecule has 10 atom stereocenters. The van der Waals surface area contributed by atoms with Gasteiger partial charge in [0.2, 0.25) is 5.91 Å². The van der Waals surface area contributed by atoms with E-state index in [1.165, 1.54) is 0 Å². The molecule has 6 aliphatic rings. The highest BCUT2D eigenvalue weighted by molar-refractivity contribution is 6.03. The van der Waals surface area contributed by atoms with Crippen molar-refractivity contribution in [1.29, 1.82) is 0 Å². The first-order chi connectivity index (χ1) is 29.0. The van der Waals surface area contributed by atoms with E-state index in [4.69, 9.17) is 9.47 Å². The van der Waals surface area contributed by atoms with Crippen LogP contribution in [0, 0.1) is 68.0 Å². The summed E-state index contributed by atoms with van der Waals surface area (Å²) in [6.45, 7) is 29.3. The Morgan fingerprint density at radius 2 is 1.44 bits per heavy atom. The summed E-state index contributed by atoms with van der Waals surface area (Å²) in [5, 5.41) is 17.5. The van der Waals surface area contributed by atoms with E-state index in [2.05, 4.69) is 59.1 Å². The van der Waals surface area contributed by atoms with E-state index >= 15 is 0 Å². The number of fused-ring (bicyclic) bond motifs is 7. The zero-order valence-electron chi connectivity index (χ0n) is 40.9. The highest BCUT2D eigenvalue weighted by atomic mass is 16.6. The molecule has 0 heterocycles. The van der Waals surface area contributed by atoms with Crippen molar-refractivity contribution in [3.63, 3.8) is 0 Å². The van der Waals surface area contributed by atoms with Crippen LogP contribution in [0.15, 0.2) is 41.5 Å². The Balaban J connectivity index is 1.15. The summed E-state index contributed by atoms with van der Waals surface area (Å²) in [4.78, 5) is 68.8. The van der Waals surface area contributed by atoms with E-state index < -0.39 is 45.5 Å². The van der Waals surface area contributed by atoms with Crippen molar-refractivity contribution in [1.82, 2.24) is 10.6 Å². The lowest BCUT2D eigenvalue weighted by atomic mass is 9.30. The molecule has 0 unspecified atom stereocenters. The second kappa shape index (κ2) is 15.2. The highest BCUT2D eigenvalue weighted by Gasteiger charge is 2.76. The van der Waals surface area contributed by atoms with Crippen LogP contribution in [-0.4, -0.2) is 51.5 Å². The number of ketones is 1. The number of aliphatic carboxylic acids is 1. The minimum atomic E-state index is -1.28. The second-order valence-corrected chi connectivity index (χ2v) is 24.7. The Bertz CT molecular complexity index is 2080. The number of Topliss-reactive ketones (excluding diaryl/α,β-unsaturated/α-hetero) is 1. The van der Waals surface area contributed by atoms with E-state index in [9.17, 15) is 29.1 Å². The summed E-state index contributed by atoms with van der Waals surface area (Å²) < 4.78 is 11.3. The van der Waals surface area contributed by atoms with E-state index in [-0.39, 0.29) is 70.1 Å². The Morgan fingerprint density at radius 3 is 2.03 bits per heavy atom. The van der Waals surface area contributed by atoms with Gasteiger partial charge in [-0.2, -0.15) is 0 Å². The summed E-state index contributed by atoms with van der Waals surface area (Å²) in [6.07, 6.45) is 6.98. The molecule has 1 aromatic carbocycles. The summed E-state index contributed by atoms with van der Waals surface area (Å²) >= 11 is 0. The lowest BCUT2D eigenvalue weighted by Crippen LogP contribution is -2.71. The topological polar surface area (TPSA) is 148 Å². The molecule has 0 bridgehead atoms. The molecule has 1 aromatic rings. The van der Waals surface area contributed by atoms with Gasteiger partial charge in [0.15, 0.2) is 5.78 Å². The largest absolute Gasteiger partial charge is 0.481 e. The third kappa shape index (κ3) is 7.02. The molecular formula is C53H78N2O8. The van der Waals surface area contributed by atoms with Crippen molar-refractivity contribution in [2.24, 2.45) is 68.0 Å². The minimum absolute atomic E-state index is 0.000913. The number of carboxylic acids is 1. The normalized spacial score (nSPS) is 38.0. The minimum Gasteiger partial charge on any atom is -0.481 e. The van der Waals surface area contributed by atoms with Crippen LogP contribution in [0.2, 0.25) is 0 Å². The van der Waals surface area contributed by atoms with Gasteiger partial charge in [0, 0.05) is 6.42 Å². The number of nitrogens with one attached hydrogen (secondary N) is 2. The zero-order valence-corrected chi connectivity index (χ0v) is 40.9. The number of rotatable bonds is 9. The molecule has 5 fully saturated rings. The number of alkyl carbamates (subject to hydrolysis) is 1. The molecule has 0 aliphatic heterocycles. The molecule has 2 amide bonds. The molecule has 5 saturated carbocycles. The van der Waals surface area contributed by atoms with Crippen LogP contribution in [0.1, 0.15) is 167 Å². The first-order valence-corrected chi connectivity index (χ1v) is 24.0. The van der Waals surface area contributed by atoms with Crippen LogP contribution in [-0.2, 0) is 35.3 Å². The maximum atomic E-state index is 14.3. The predicted octanol–water partition coefficient (Wildman–Crippen LogP) is 10.6. The van der Waals surface area contributed by atoms with Gasteiger partial charge in [-0.1, -0.05) is 92.6 Å². The van der Waals surface area contributed by atoms with Crippen molar-refractivity contribution >= 4 is 29.7 Å². The number of allylic oxidation sites excluding steroid dienone is 1. The number of esters is 1. The van der Waals surface area contributed by atoms with Crippen LogP contribution in [0.3, 0.4) is 0 Å². The second-order valence-electron chi connectivity index (χ2n) is 24.7. The lowest BCUT2D eigenvalue weighted by Gasteiger charge is -2.74. The van der Waals surface area contributed by atoms with Crippen molar-refractivity contribution in [2.45, 2.75) is 184 Å². The van der Waals surface area contributed by atoms with Gasteiger partial charge in [0.05, 0.1) is 16.9 Å². The van der Waals surface area contributed by atoms with Gasteiger partial charge in [-0.05, 0) is 166 Å². The van der Waals surface area contributed by atoms with Gasteiger partial charge in [-0.3, -0.25) is 19.2 Å². The van der Waals surface area contributed by atoms with Crippen molar-refractivity contribution in [2.75, 3.05) is 0 Å². The molecule has 63 heavy (non-hydrogen) atoms. The number of carbonyl (C=O) groups excluding carboxylic acids is 4. The third-order valence-electron chi connectivity index (χ3n) is 19.2. The molecule has 7 rings (SSSR count). The third-order valence-corrected chi connectivity index (χ3v) is 19.2. The quantitative estimate of drug-likeness (QED) is 0.208. The van der Waals surface area contributed by atoms with Crippen LogP contribution in [0.5, 0.6) is 0 Å². The Labute approximate surface area is 377 Å². The van der Waals surface area contributed by atoms with E-state index in [0.29, 0.717) is 24.7 Å². The maximum absolute atomic E-state index is 14.3. The van der Waals surface area contributed by atoms with Gasteiger partial charge >= 0.3 is 18.0 Å². The van der Waals surface area contributed by atoms with Crippen LogP contribution in [0.4, 0.5) is 4.79 Å². The number of ether oxygens (including phenoxy) is 2. The molecule has 10 heteroatoms. The fourth-order valence-electron chi connectivity index (χ4n) is 16.0. The van der Waals surface area contributed by atoms with Crippen molar-refractivity contribution in [3.8, 4) is 0 Å². The number of benzene rings is 1. The van der Waals surface area contributed by atoms with E-state index in [1.54, 1.807) is 34.6 Å². The average molecular weight is 871 g/mol. The summed E-state index contributed by atoms with van der Waals surface area (Å²) in [7, 11) is 0. The van der Waals surface area contributed by atoms with E-state index in [1.807, 2.05) is 44.2 Å². The molecular weight excluding hydrogens is 793 g/mol. The molecule has 0 spiro atoms. The average Bonchev–Trinajstić information content (AvgIpc) is 3.45. The van der Waals surface area contributed by atoms with Gasteiger partial charge < -0.3 is 25.2 Å². The van der Waals surface area contributed by atoms with Crippen molar-refractivity contribution < 1.29 is 38.6 Å². The Hall–Kier alpha value is -3.69. The zero-order chi connectivity index (χ0) is 46.7. The number of carbonyl (C=O) groups is 5. The molecule has 0 aromatic heterocycles. The molecule has 6 aliphatic carbocycles. The first-order valence-electron chi connectivity index (χ1n) is 24.0. The Morgan fingerprint density at radius 1 is 0.810 bits per heavy atom. The lowest BCUT2D eigenvalue weighted by molar-refractivity contribution is -0.261. The Kier molecular flexibility index (Phi) is 11.4. The molecule has 348 valence electrons. The van der Waals surface area contributed by atoms with Crippen LogP contribution in [0.25, 0.3) is 0 Å². The summed E-state index contributed by atoms with van der Waals surface area (Å²) in [6, 6.07) is 9.62. The van der Waals surface area contributed by atoms with Crippen LogP contribution >= 0.6 is 0 Å². The maximum Gasteiger partial charge on any atom is 0.408 e. The summed E-state index contributed by atoms with van der Waals surface area (Å²) in [5.41, 5.74) is -2.31. The van der Waals surface area contributed by atoms with Gasteiger partial charge in [-0.25, -0.2) is 4.79 Å². The number of hydrogen-bond acceptors (Lipinski definition) is 7. The summed E-state index contributed by atoms with van der Waals surface area (Å²) in [5.74, 6) is -1.14. The monoisotopic (exact) mass is 871 g/mol. The van der Waals surface area contributed by atoms with Crippen molar-refractivity contribution in [3.05, 3.63) is 47.0 Å². The molecule has 10 nitrogen and oxygen atoms in total. The number of carboxylic acid groups (broad SMARTS) is 1. The molecule has 3 N–H and O–H groups in total. The smallest absolute Gasteiger partial charge is 0.408 e. The number of hydrogen-bond donors (Lipinski definition) is 3. The van der Waals surface area contributed by atoms with Crippen LogP contribution < -0.4 is 10.6 Å². The van der Waals surface area contributed by atoms with Gasteiger partial charge in [-0.15, -0.1) is 0 Å². The van der Waals surface area contributed by atoms with Gasteiger partial charge in [0.25, 0.3) is 0 Å². The fourth-order valence-corrected chi connectivity index (χ4v) is 16.0. The highest BCUT2D eigenvalue weighted by Crippen LogP contribution is 2.79. The SMILES string of the molecule is CC(C)C1=C2[C@H]3CC[C@@H]4[C@]5(C)CC[C@H]([C@@]6(C(=O)O)C[C@@H](C(=O)OCc7ccccc7)C6(C)C)C(C)(C)[C@H]5CC[C@@]4(C)[C@]3(C)CC[C@@]2(NC(=O)C(C)(C)NC(=O)OC(C)(C)C)CC1=O. The fraction of sp³-hybridized carbons (Fsp3) is 0.755. The number of amides is 2. The van der Waals surface area contributed by atoms with E-state index in [0.717, 1.165) is 61.7 Å². The predicted molar refractivity (Wildman–Crippen MR) is 243 cm³/mol. The first kappa shape index (κ1) is 47.3. The molecule has 0 radical (unpaired) electrons. The molecule has 0 saturated heterocycles. The van der Waals surface area contributed by atoms with Gasteiger partial charge in [0.1, 0.15) is 17.7 Å². The standard InChI is InChI=1S/C53H78N2O8/c1-31(2)39-35(56)29-52(54-42(58)48(10,11)55-44(61)63-45(3,4)5)27-26-50(13)33(40(39)52)20-21-38-49(12)24-22-37(46(6,7)36(49)23-25-51(38,50)14)53(43(59)60)28-34(47(53,8)9)41(57)62-30-32-18-16-15-17-19-32/h15-19,31,33-34,36-38H,20-30H2,1-14H3,(H,54,58)(H,55,61)(H,59,60)/t33-,34+,36-,37+,38-,49-,50-,51-,52-,53-/m1/s1.